The summed E-state index contributed by atoms with van der Waals surface area (Å²) in [5.74, 6) is 1.51. The molecule has 0 rings (SSSR count). The Balaban J connectivity index is 3.17. The summed E-state index contributed by atoms with van der Waals surface area (Å²) in [6.45, 7) is -5.78. The van der Waals surface area contributed by atoms with E-state index >= 15 is 0 Å². The van der Waals surface area contributed by atoms with Crippen LogP contribution in [0.1, 0.15) is 38.5 Å². The van der Waals surface area contributed by atoms with E-state index in [9.17, 15) is 9.13 Å². The van der Waals surface area contributed by atoms with Gasteiger partial charge in [0.05, 0.1) is 0 Å². The molecule has 0 aromatic carbocycles. The highest BCUT2D eigenvalue weighted by Crippen LogP contribution is 2.43. The van der Waals surface area contributed by atoms with Gasteiger partial charge in [0.25, 0.3) is 13.3 Å². The van der Waals surface area contributed by atoms with Gasteiger partial charge in [0.1, 0.15) is 0 Å². The Bertz CT molecular complexity index is 277. The van der Waals surface area contributed by atoms with Crippen molar-refractivity contribution in [2.75, 3.05) is 11.5 Å². The second-order valence-corrected chi connectivity index (χ2v) is 13.0. The standard InChI is InChI=1S/C8H24N4O2P2S2/c9-15(10,13)17-7-5-3-1-2-4-6-8-18-16(11,12)14/h1-8H2,(H4,9,10,13)(H4,11,12,14). The summed E-state index contributed by atoms with van der Waals surface area (Å²) in [4.78, 5) is 0. The number of nitrogens with two attached hydrogens (primary N) is 4. The van der Waals surface area contributed by atoms with E-state index in [0.29, 0.717) is 0 Å². The van der Waals surface area contributed by atoms with E-state index in [1.807, 2.05) is 0 Å². The van der Waals surface area contributed by atoms with E-state index in [1.165, 1.54) is 0 Å². The van der Waals surface area contributed by atoms with Crippen LogP contribution in [0.4, 0.5) is 0 Å². The molecule has 10 heteroatoms. The van der Waals surface area contributed by atoms with Crippen LogP contribution in [0, 0.1) is 0 Å². The third-order valence-corrected chi connectivity index (χ3v) is 7.39. The first-order valence-electron chi connectivity index (χ1n) is 5.84. The quantitative estimate of drug-likeness (QED) is 0.334. The molecule has 0 bridgehead atoms. The lowest BCUT2D eigenvalue weighted by molar-refractivity contribution is 0.585. The van der Waals surface area contributed by atoms with Crippen LogP contribution in [0.5, 0.6) is 0 Å². The zero-order valence-corrected chi connectivity index (χ0v) is 13.9. The Kier molecular flexibility index (Phi) is 10.4. The maximum Gasteiger partial charge on any atom is 0.261 e. The Morgan fingerprint density at radius 1 is 0.611 bits per heavy atom. The first-order chi connectivity index (χ1) is 8.21. The fourth-order valence-corrected chi connectivity index (χ4v) is 5.05. The van der Waals surface area contributed by atoms with Crippen molar-refractivity contribution < 1.29 is 9.13 Å². The second-order valence-electron chi connectivity index (χ2n) is 4.08. The van der Waals surface area contributed by atoms with Gasteiger partial charge in [-0.3, -0.25) is 31.1 Å². The van der Waals surface area contributed by atoms with E-state index < -0.39 is 13.3 Å². The molecule has 0 aliphatic rings. The van der Waals surface area contributed by atoms with Gasteiger partial charge in [-0.15, -0.1) is 0 Å². The Morgan fingerprint density at radius 2 is 0.889 bits per heavy atom. The van der Waals surface area contributed by atoms with Crippen molar-refractivity contribution in [3.05, 3.63) is 0 Å². The van der Waals surface area contributed by atoms with Gasteiger partial charge >= 0.3 is 0 Å². The van der Waals surface area contributed by atoms with E-state index in [1.54, 1.807) is 0 Å². The van der Waals surface area contributed by atoms with Crippen LogP contribution in [0.3, 0.4) is 0 Å². The van der Waals surface area contributed by atoms with Crippen molar-refractivity contribution in [1.29, 1.82) is 0 Å². The minimum absolute atomic E-state index is 0.754. The fourth-order valence-electron chi connectivity index (χ4n) is 1.33. The van der Waals surface area contributed by atoms with Gasteiger partial charge in [-0.25, -0.2) is 0 Å². The van der Waals surface area contributed by atoms with Gasteiger partial charge in [-0.1, -0.05) is 48.4 Å². The van der Waals surface area contributed by atoms with Crippen LogP contribution in [-0.4, -0.2) is 11.5 Å². The molecule has 0 aromatic rings. The molecule has 18 heavy (non-hydrogen) atoms. The molecule has 0 saturated heterocycles. The molecule has 8 N–H and O–H groups in total. The SMILES string of the molecule is NP(N)(=O)SCCCCCCCCSP(N)(N)=O. The summed E-state index contributed by atoms with van der Waals surface area (Å²) >= 11 is 2.31. The highest BCUT2D eigenvalue weighted by atomic mass is 32.7. The maximum absolute atomic E-state index is 11.0. The molecule has 0 aliphatic carbocycles. The second kappa shape index (κ2) is 9.83. The van der Waals surface area contributed by atoms with E-state index in [4.69, 9.17) is 22.0 Å². The summed E-state index contributed by atoms with van der Waals surface area (Å²) < 4.78 is 22.0. The van der Waals surface area contributed by atoms with Crippen molar-refractivity contribution in [3.63, 3.8) is 0 Å². The maximum atomic E-state index is 11.0. The minimum atomic E-state index is -2.89. The third kappa shape index (κ3) is 17.0. The van der Waals surface area contributed by atoms with Crippen LogP contribution in [0.2, 0.25) is 0 Å². The predicted molar refractivity (Wildman–Crippen MR) is 84.6 cm³/mol. The Labute approximate surface area is 117 Å². The van der Waals surface area contributed by atoms with Gasteiger partial charge in [-0.2, -0.15) is 0 Å². The molecular formula is C8H24N4O2P2S2. The molecular weight excluding hydrogens is 310 g/mol. The minimum Gasteiger partial charge on any atom is -0.277 e. The van der Waals surface area contributed by atoms with E-state index in [0.717, 1.165) is 72.8 Å². The number of rotatable bonds is 11. The van der Waals surface area contributed by atoms with Crippen LogP contribution in [0.25, 0.3) is 0 Å². The normalized spacial score (nSPS) is 12.9. The summed E-state index contributed by atoms with van der Waals surface area (Å²) in [5.41, 5.74) is 20.9. The zero-order chi connectivity index (χ0) is 14.1. The average Bonchev–Trinajstić information content (AvgIpc) is 2.17. The van der Waals surface area contributed by atoms with Gasteiger partial charge in [0, 0.05) is 11.5 Å². The van der Waals surface area contributed by atoms with Gasteiger partial charge in [0.15, 0.2) is 0 Å². The average molecular weight is 334 g/mol. The zero-order valence-electron chi connectivity index (χ0n) is 10.5. The van der Waals surface area contributed by atoms with Crippen LogP contribution < -0.4 is 22.0 Å². The smallest absolute Gasteiger partial charge is 0.261 e. The number of unbranched alkanes of at least 4 members (excludes halogenated alkanes) is 5. The molecule has 0 radical (unpaired) electrons. The molecule has 0 saturated carbocycles. The number of hydrogen-bond donors (Lipinski definition) is 4. The highest BCUT2D eigenvalue weighted by Gasteiger charge is 2.08. The molecule has 6 nitrogen and oxygen atoms in total. The summed E-state index contributed by atoms with van der Waals surface area (Å²) in [6.07, 6.45) is 6.41. The molecule has 0 fully saturated rings. The Hall–Kier alpha value is 1.00. The van der Waals surface area contributed by atoms with Crippen molar-refractivity contribution in [2.24, 2.45) is 22.0 Å². The summed E-state index contributed by atoms with van der Waals surface area (Å²) in [5, 5.41) is 0. The Morgan fingerprint density at radius 3 is 1.17 bits per heavy atom. The molecule has 0 spiro atoms. The topological polar surface area (TPSA) is 138 Å². The molecule has 0 aliphatic heterocycles. The largest absolute Gasteiger partial charge is 0.277 e. The van der Waals surface area contributed by atoms with Crippen molar-refractivity contribution in [3.8, 4) is 0 Å². The van der Waals surface area contributed by atoms with Crippen molar-refractivity contribution in [2.45, 2.75) is 38.5 Å². The lowest BCUT2D eigenvalue weighted by atomic mass is 10.1. The summed E-state index contributed by atoms with van der Waals surface area (Å²) in [6, 6.07) is 0. The molecule has 110 valence electrons. The highest BCUT2D eigenvalue weighted by molar-refractivity contribution is 8.57. The van der Waals surface area contributed by atoms with Crippen molar-refractivity contribution in [1.82, 2.24) is 0 Å². The molecule has 0 atom stereocenters. The first kappa shape index (κ1) is 19.0. The summed E-state index contributed by atoms with van der Waals surface area (Å²) in [7, 11) is 0. The molecule has 0 aromatic heterocycles. The molecule has 0 unspecified atom stereocenters. The fraction of sp³-hybridized carbons (Fsp3) is 1.00. The predicted octanol–water partition coefficient (Wildman–Crippen LogP) is 2.84. The number of hydrogen-bond acceptors (Lipinski definition) is 4. The van der Waals surface area contributed by atoms with E-state index in [-0.39, 0.29) is 0 Å². The lowest BCUT2D eigenvalue weighted by Crippen LogP contribution is -2.01. The van der Waals surface area contributed by atoms with Crippen LogP contribution >= 0.6 is 36.1 Å². The molecule has 0 heterocycles. The van der Waals surface area contributed by atoms with E-state index in [2.05, 4.69) is 0 Å². The monoisotopic (exact) mass is 334 g/mol. The van der Waals surface area contributed by atoms with Crippen LogP contribution in [0.15, 0.2) is 0 Å². The van der Waals surface area contributed by atoms with Crippen molar-refractivity contribution >= 4 is 36.1 Å². The lowest BCUT2D eigenvalue weighted by Gasteiger charge is -2.06. The van der Waals surface area contributed by atoms with Gasteiger partial charge < -0.3 is 0 Å². The molecule has 0 amide bonds. The van der Waals surface area contributed by atoms with Gasteiger partial charge in [0.2, 0.25) is 0 Å². The third-order valence-electron chi connectivity index (χ3n) is 2.12. The first-order valence-corrected chi connectivity index (χ1v) is 12.7. The van der Waals surface area contributed by atoms with Gasteiger partial charge in [-0.05, 0) is 12.8 Å². The van der Waals surface area contributed by atoms with Crippen LogP contribution in [-0.2, 0) is 9.13 Å².